The third kappa shape index (κ3) is 7.14. The van der Waals surface area contributed by atoms with Gasteiger partial charge in [0.1, 0.15) is 11.8 Å². The lowest BCUT2D eigenvalue weighted by Crippen LogP contribution is -2.55. The van der Waals surface area contributed by atoms with E-state index in [-0.39, 0.29) is 23.6 Å². The molecule has 288 valence electrons. The fraction of sp³-hybridized carbons (Fsp3) is 0.383. The molecule has 9 heteroatoms. The highest BCUT2D eigenvalue weighted by Gasteiger charge is 2.44. The molecule has 2 N–H and O–H groups in total. The summed E-state index contributed by atoms with van der Waals surface area (Å²) in [4.78, 5) is 47.7. The molecule has 5 aliphatic rings. The number of likely N-dealkylation sites (tertiary alicyclic amines) is 1. The molecule has 9 nitrogen and oxygen atoms in total. The standard InChI is InChI=1S/C47H51N5O4/c1-31-9-20-43(45(54)48-31)52-46(55)41-18-15-37(27-42(41)47(52)56)51-24-22-49(23-25-51)28-33-29-50(30-33)21-5-6-32-10-12-35(13-11-32)44-39(34-7-3-2-4-8-34)17-14-36-26-38(53)16-19-40(36)44/h2-4,7-8,10-13,15-16,18-19,26-27,33,39,43-44,53H,1,5-6,9,14,17,20-25,28-30H2,(H,48,54)/t39-,43?,44+/m0/s1. The molecule has 3 saturated heterocycles. The Bertz CT molecular complexity index is 2140. The third-order valence-corrected chi connectivity index (χ3v) is 12.9. The van der Waals surface area contributed by atoms with Gasteiger partial charge in [-0.3, -0.25) is 24.2 Å². The maximum absolute atomic E-state index is 13.4. The molecular formula is C47H51N5O4. The molecule has 3 atom stereocenters. The van der Waals surface area contributed by atoms with Gasteiger partial charge in [0.05, 0.1) is 11.1 Å². The zero-order valence-electron chi connectivity index (χ0n) is 32.0. The van der Waals surface area contributed by atoms with Gasteiger partial charge in [0.2, 0.25) is 5.91 Å². The van der Waals surface area contributed by atoms with Crippen molar-refractivity contribution in [3.8, 4) is 5.75 Å². The van der Waals surface area contributed by atoms with Crippen molar-refractivity contribution in [1.82, 2.24) is 20.0 Å². The van der Waals surface area contributed by atoms with E-state index in [0.717, 1.165) is 88.6 Å². The predicted molar refractivity (Wildman–Crippen MR) is 218 cm³/mol. The summed E-state index contributed by atoms with van der Waals surface area (Å²) in [6.45, 7) is 12.0. The number of nitrogens with one attached hydrogen (secondary N) is 1. The van der Waals surface area contributed by atoms with Crippen LogP contribution >= 0.6 is 0 Å². The molecule has 0 bridgehead atoms. The number of imide groups is 1. The molecular weight excluding hydrogens is 699 g/mol. The number of carbonyl (C=O) groups is 3. The van der Waals surface area contributed by atoms with Gasteiger partial charge in [-0.05, 0) is 115 Å². The molecule has 4 aliphatic heterocycles. The Morgan fingerprint density at radius 1 is 0.750 bits per heavy atom. The Balaban J connectivity index is 0.726. The van der Waals surface area contributed by atoms with Crippen molar-refractivity contribution >= 4 is 23.4 Å². The fourth-order valence-corrected chi connectivity index (χ4v) is 9.94. The predicted octanol–water partition coefficient (Wildman–Crippen LogP) is 6.33. The number of piperazine rings is 1. The van der Waals surface area contributed by atoms with E-state index < -0.39 is 6.04 Å². The first-order chi connectivity index (χ1) is 27.3. The molecule has 4 heterocycles. The van der Waals surface area contributed by atoms with Gasteiger partial charge < -0.3 is 20.2 Å². The summed E-state index contributed by atoms with van der Waals surface area (Å²) in [5.41, 5.74) is 9.08. The molecule has 0 saturated carbocycles. The average molecular weight is 750 g/mol. The number of phenols is 1. The van der Waals surface area contributed by atoms with E-state index in [1.807, 2.05) is 24.3 Å². The van der Waals surface area contributed by atoms with Crippen LogP contribution < -0.4 is 10.2 Å². The lowest BCUT2D eigenvalue weighted by Gasteiger charge is -2.44. The van der Waals surface area contributed by atoms with Gasteiger partial charge in [0.25, 0.3) is 11.8 Å². The van der Waals surface area contributed by atoms with Gasteiger partial charge in [0, 0.05) is 63.1 Å². The number of aryl methyl sites for hydroxylation is 2. The molecule has 4 aromatic rings. The number of amides is 3. The van der Waals surface area contributed by atoms with Gasteiger partial charge in [0.15, 0.2) is 0 Å². The molecule has 0 aromatic heterocycles. The number of hydrogen-bond acceptors (Lipinski definition) is 7. The van der Waals surface area contributed by atoms with Crippen LogP contribution in [0.5, 0.6) is 5.75 Å². The van der Waals surface area contributed by atoms with E-state index in [1.165, 1.54) is 27.8 Å². The van der Waals surface area contributed by atoms with E-state index in [0.29, 0.717) is 47.3 Å². The Labute approximate surface area is 329 Å². The molecule has 1 unspecified atom stereocenters. The van der Waals surface area contributed by atoms with Crippen LogP contribution in [0.25, 0.3) is 0 Å². The number of allylic oxidation sites excluding steroid dienone is 1. The van der Waals surface area contributed by atoms with Crippen molar-refractivity contribution in [2.75, 3.05) is 57.3 Å². The number of anilines is 1. The second-order valence-electron chi connectivity index (χ2n) is 16.5. The third-order valence-electron chi connectivity index (χ3n) is 12.9. The van der Waals surface area contributed by atoms with Gasteiger partial charge in [-0.2, -0.15) is 0 Å². The number of rotatable bonds is 10. The van der Waals surface area contributed by atoms with Crippen molar-refractivity contribution < 1.29 is 19.5 Å². The van der Waals surface area contributed by atoms with Gasteiger partial charge in [-0.1, -0.05) is 67.2 Å². The van der Waals surface area contributed by atoms with Crippen LogP contribution in [0.1, 0.15) is 86.1 Å². The summed E-state index contributed by atoms with van der Waals surface area (Å²) in [6, 6.07) is 30.9. The Kier molecular flexibility index (Phi) is 9.98. The van der Waals surface area contributed by atoms with Gasteiger partial charge in [-0.15, -0.1) is 0 Å². The molecule has 56 heavy (non-hydrogen) atoms. The minimum atomic E-state index is -0.793. The molecule has 1 aliphatic carbocycles. The number of benzene rings is 4. The van der Waals surface area contributed by atoms with Crippen LogP contribution in [0.4, 0.5) is 5.69 Å². The van der Waals surface area contributed by atoms with Crippen LogP contribution in [0, 0.1) is 5.92 Å². The monoisotopic (exact) mass is 749 g/mol. The van der Waals surface area contributed by atoms with Crippen LogP contribution in [-0.2, 0) is 17.6 Å². The number of hydrogen-bond donors (Lipinski definition) is 2. The summed E-state index contributed by atoms with van der Waals surface area (Å²) < 4.78 is 0. The van der Waals surface area contributed by atoms with Crippen molar-refractivity contribution in [1.29, 1.82) is 0 Å². The highest BCUT2D eigenvalue weighted by atomic mass is 16.3. The largest absolute Gasteiger partial charge is 0.508 e. The van der Waals surface area contributed by atoms with Crippen molar-refractivity contribution in [3.63, 3.8) is 0 Å². The van der Waals surface area contributed by atoms with Crippen molar-refractivity contribution in [2.45, 2.75) is 56.4 Å². The number of carbonyl (C=O) groups excluding carboxylic acids is 3. The van der Waals surface area contributed by atoms with Gasteiger partial charge in [-0.25, -0.2) is 0 Å². The number of phenolic OH excluding ortho intramolecular Hbond substituents is 1. The Morgan fingerprint density at radius 3 is 2.29 bits per heavy atom. The summed E-state index contributed by atoms with van der Waals surface area (Å²) in [5.74, 6) is 0.630. The summed E-state index contributed by atoms with van der Waals surface area (Å²) in [5, 5.41) is 12.9. The molecule has 3 fully saturated rings. The normalized spacial score (nSPS) is 23.2. The second-order valence-corrected chi connectivity index (χ2v) is 16.5. The molecule has 3 amide bonds. The van der Waals surface area contributed by atoms with Crippen molar-refractivity contribution in [3.05, 3.63) is 142 Å². The lowest BCUT2D eigenvalue weighted by molar-refractivity contribution is -0.125. The first-order valence-corrected chi connectivity index (χ1v) is 20.4. The minimum absolute atomic E-state index is 0.278. The highest BCUT2D eigenvalue weighted by molar-refractivity contribution is 6.23. The zero-order valence-corrected chi connectivity index (χ0v) is 32.0. The molecule has 9 rings (SSSR count). The quantitative estimate of drug-likeness (QED) is 0.183. The highest BCUT2D eigenvalue weighted by Crippen LogP contribution is 2.47. The lowest BCUT2D eigenvalue weighted by atomic mass is 9.69. The molecule has 0 radical (unpaired) electrons. The maximum Gasteiger partial charge on any atom is 0.262 e. The first-order valence-electron chi connectivity index (χ1n) is 20.4. The summed E-state index contributed by atoms with van der Waals surface area (Å²) in [7, 11) is 0. The summed E-state index contributed by atoms with van der Waals surface area (Å²) in [6.07, 6.45) is 5.24. The van der Waals surface area contributed by atoms with Crippen LogP contribution in [0.2, 0.25) is 0 Å². The molecule has 0 spiro atoms. The van der Waals surface area contributed by atoms with E-state index in [9.17, 15) is 19.5 Å². The molecule has 4 aromatic carbocycles. The SMILES string of the molecule is C=C1CCC(N2C(=O)c3ccc(N4CCN(CC5CN(CCCc6ccc([C@H]7c8ccc(O)cc8CC[C@H]7c7ccccc7)cc6)C5)CC4)cc3C2=O)C(=O)N1. The van der Waals surface area contributed by atoms with Crippen LogP contribution in [0.15, 0.2) is 103 Å². The Hall–Kier alpha value is -5.25. The maximum atomic E-state index is 13.4. The number of piperidine rings is 1. The first kappa shape index (κ1) is 36.4. The number of nitrogens with zero attached hydrogens (tertiary/aromatic N) is 4. The van der Waals surface area contributed by atoms with Crippen LogP contribution in [0.3, 0.4) is 0 Å². The Morgan fingerprint density at radius 2 is 1.52 bits per heavy atom. The minimum Gasteiger partial charge on any atom is -0.508 e. The number of fused-ring (bicyclic) bond motifs is 2. The topological polar surface area (TPSA) is 96.4 Å². The number of aromatic hydroxyl groups is 1. The summed E-state index contributed by atoms with van der Waals surface area (Å²) >= 11 is 0. The average Bonchev–Trinajstić information content (AvgIpc) is 3.45. The second kappa shape index (κ2) is 15.4. The smallest absolute Gasteiger partial charge is 0.262 e. The zero-order chi connectivity index (χ0) is 38.3. The van der Waals surface area contributed by atoms with Crippen molar-refractivity contribution in [2.24, 2.45) is 5.92 Å². The fourth-order valence-electron chi connectivity index (χ4n) is 9.94. The van der Waals surface area contributed by atoms with Gasteiger partial charge >= 0.3 is 0 Å². The van der Waals surface area contributed by atoms with E-state index in [1.54, 1.807) is 6.07 Å². The van der Waals surface area contributed by atoms with Crippen LogP contribution in [-0.4, -0.2) is 95.9 Å². The van der Waals surface area contributed by atoms with E-state index in [2.05, 4.69) is 87.3 Å². The van der Waals surface area contributed by atoms with E-state index in [4.69, 9.17) is 0 Å². The van der Waals surface area contributed by atoms with E-state index >= 15 is 0 Å².